The first-order valence-corrected chi connectivity index (χ1v) is 17.6. The average molecular weight is 415 g/mol. The second-order valence-corrected chi connectivity index (χ2v) is 21.8. The zero-order valence-electron chi connectivity index (χ0n) is 18.2. The third kappa shape index (κ3) is 4.20. The molecule has 1 aliphatic rings. The monoisotopic (exact) mass is 414 g/mol. The molecule has 0 amide bonds. The SMILES string of the molecule is Cc1cc(C(C)(C)C)c2c(c1)C(C)(O[Si](C)(C)C)P(=O)(O[Si](C)(C)C)O2. The molecule has 4 nitrogen and oxygen atoms in total. The van der Waals surface area contributed by atoms with E-state index in [4.69, 9.17) is 13.2 Å². The molecule has 0 spiro atoms. The molecular weight excluding hydrogens is 379 g/mol. The summed E-state index contributed by atoms with van der Waals surface area (Å²) in [6, 6.07) is 4.18. The largest absolute Gasteiger partial charge is 0.422 e. The smallest absolute Gasteiger partial charge is 0.404 e. The number of rotatable bonds is 4. The Kier molecular flexibility index (Phi) is 5.32. The van der Waals surface area contributed by atoms with E-state index in [-0.39, 0.29) is 5.41 Å². The van der Waals surface area contributed by atoms with Gasteiger partial charge in [0.1, 0.15) is 5.75 Å². The number of hydrogen-bond donors (Lipinski definition) is 0. The van der Waals surface area contributed by atoms with Gasteiger partial charge in [-0.15, -0.1) is 0 Å². The van der Waals surface area contributed by atoms with Crippen molar-refractivity contribution in [2.45, 2.75) is 84.7 Å². The van der Waals surface area contributed by atoms with Gasteiger partial charge < -0.3 is 13.2 Å². The molecule has 0 aromatic heterocycles. The molecule has 2 unspecified atom stereocenters. The Morgan fingerprint density at radius 2 is 1.58 bits per heavy atom. The quantitative estimate of drug-likeness (QED) is 0.403. The third-order valence-corrected chi connectivity index (χ3v) is 10.3. The summed E-state index contributed by atoms with van der Waals surface area (Å²) in [7, 11) is -7.69. The van der Waals surface area contributed by atoms with E-state index in [9.17, 15) is 4.57 Å². The van der Waals surface area contributed by atoms with Crippen LogP contribution in [0.15, 0.2) is 12.1 Å². The van der Waals surface area contributed by atoms with E-state index in [1.54, 1.807) is 0 Å². The fourth-order valence-electron chi connectivity index (χ4n) is 3.30. The van der Waals surface area contributed by atoms with Crippen LogP contribution in [0.3, 0.4) is 0 Å². The normalized spacial score (nSPS) is 26.6. The second-order valence-electron chi connectivity index (χ2n) is 10.4. The summed E-state index contributed by atoms with van der Waals surface area (Å²) >= 11 is 0. The van der Waals surface area contributed by atoms with E-state index in [0.717, 1.165) is 16.7 Å². The summed E-state index contributed by atoms with van der Waals surface area (Å²) in [4.78, 5) is 0. The van der Waals surface area contributed by atoms with Crippen LogP contribution in [0.1, 0.15) is 44.4 Å². The third-order valence-electron chi connectivity index (χ3n) is 4.17. The molecule has 0 bridgehead atoms. The fourth-order valence-corrected chi connectivity index (χ4v) is 10.7. The summed E-state index contributed by atoms with van der Waals surface area (Å²) < 4.78 is 33.1. The molecule has 0 N–H and O–H groups in total. The van der Waals surface area contributed by atoms with Crippen LogP contribution in [-0.4, -0.2) is 16.6 Å². The zero-order valence-corrected chi connectivity index (χ0v) is 21.1. The molecule has 0 aliphatic carbocycles. The van der Waals surface area contributed by atoms with Gasteiger partial charge in [0.05, 0.1) is 0 Å². The van der Waals surface area contributed by atoms with Gasteiger partial charge in [-0.05, 0) is 64.6 Å². The van der Waals surface area contributed by atoms with Crippen molar-refractivity contribution in [3.05, 3.63) is 28.8 Å². The minimum atomic E-state index is -3.53. The first kappa shape index (κ1) is 21.9. The minimum absolute atomic E-state index is 0.134. The molecule has 0 saturated carbocycles. The topological polar surface area (TPSA) is 44.8 Å². The number of hydrogen-bond acceptors (Lipinski definition) is 4. The average Bonchev–Trinajstić information content (AvgIpc) is 2.52. The molecule has 1 aliphatic heterocycles. The highest BCUT2D eigenvalue weighted by Gasteiger charge is 2.61. The maximum atomic E-state index is 14.1. The minimum Gasteiger partial charge on any atom is -0.422 e. The maximum absolute atomic E-state index is 14.1. The summed E-state index contributed by atoms with van der Waals surface area (Å²) in [5.74, 6) is 0.686. The predicted octanol–water partition coefficient (Wildman–Crippen LogP) is 6.75. The van der Waals surface area contributed by atoms with Crippen LogP contribution in [0, 0.1) is 6.92 Å². The van der Waals surface area contributed by atoms with Gasteiger partial charge in [-0.25, -0.2) is 4.57 Å². The van der Waals surface area contributed by atoms with E-state index in [0.29, 0.717) is 5.75 Å². The Morgan fingerprint density at radius 1 is 1.04 bits per heavy atom. The van der Waals surface area contributed by atoms with E-state index >= 15 is 0 Å². The van der Waals surface area contributed by atoms with Crippen LogP contribution in [0.5, 0.6) is 5.75 Å². The lowest BCUT2D eigenvalue weighted by atomic mass is 9.83. The molecule has 7 heteroatoms. The van der Waals surface area contributed by atoms with Gasteiger partial charge in [-0.3, -0.25) is 0 Å². The Hall–Kier alpha value is -0.396. The first-order chi connectivity index (χ1) is 11.4. The molecule has 2 atom stereocenters. The van der Waals surface area contributed by atoms with Crippen LogP contribution >= 0.6 is 7.60 Å². The molecule has 148 valence electrons. The Bertz CT molecular complexity index is 757. The second kappa shape index (κ2) is 6.31. The standard InChI is InChI=1S/C19H35O4PSi2/c1-14-12-15(18(2,3)4)17-16(13-14)19(5,22-25(6,7)8)24(20,21-17)23-26(9,10)11/h12-13H,1-11H3. The number of aryl methyl sites for hydroxylation is 1. The Balaban J connectivity index is 2.78. The Labute approximate surface area is 161 Å². The summed E-state index contributed by atoms with van der Waals surface area (Å²) in [6.45, 7) is 22.8. The highest BCUT2D eigenvalue weighted by atomic mass is 31.2. The molecule has 0 saturated heterocycles. The number of benzene rings is 1. The highest BCUT2D eigenvalue weighted by Crippen LogP contribution is 2.73. The van der Waals surface area contributed by atoms with E-state index < -0.39 is 29.6 Å². The molecule has 26 heavy (non-hydrogen) atoms. The molecule has 2 rings (SSSR count). The zero-order chi connectivity index (χ0) is 20.3. The van der Waals surface area contributed by atoms with Gasteiger partial charge in [0.2, 0.25) is 0 Å². The van der Waals surface area contributed by atoms with Gasteiger partial charge in [0.15, 0.2) is 22.0 Å². The molecule has 1 heterocycles. The van der Waals surface area contributed by atoms with Crippen LogP contribution in [0.4, 0.5) is 0 Å². The fraction of sp³-hybridized carbons (Fsp3) is 0.684. The molecule has 1 aromatic rings. The maximum Gasteiger partial charge on any atom is 0.404 e. The van der Waals surface area contributed by atoms with E-state index in [2.05, 4.69) is 59.5 Å². The summed E-state index contributed by atoms with van der Waals surface area (Å²) in [6.07, 6.45) is 0. The van der Waals surface area contributed by atoms with Crippen molar-refractivity contribution in [3.8, 4) is 5.75 Å². The van der Waals surface area contributed by atoms with Crippen LogP contribution in [-0.2, 0) is 24.0 Å². The van der Waals surface area contributed by atoms with E-state index in [1.165, 1.54) is 0 Å². The Morgan fingerprint density at radius 3 is 2.00 bits per heavy atom. The molecular formula is C19H35O4PSi2. The number of fused-ring (bicyclic) bond motifs is 1. The van der Waals surface area contributed by atoms with Gasteiger partial charge >= 0.3 is 7.60 Å². The van der Waals surface area contributed by atoms with Gasteiger partial charge in [0.25, 0.3) is 0 Å². The summed E-state index contributed by atoms with van der Waals surface area (Å²) in [5, 5.41) is -1.07. The van der Waals surface area contributed by atoms with Crippen molar-refractivity contribution in [2.75, 3.05) is 0 Å². The van der Waals surface area contributed by atoms with Gasteiger partial charge in [-0.2, -0.15) is 0 Å². The lowest BCUT2D eigenvalue weighted by molar-refractivity contribution is 0.146. The van der Waals surface area contributed by atoms with Crippen molar-refractivity contribution in [3.63, 3.8) is 0 Å². The van der Waals surface area contributed by atoms with Crippen LogP contribution < -0.4 is 4.52 Å². The van der Waals surface area contributed by atoms with Crippen molar-refractivity contribution in [1.82, 2.24) is 0 Å². The predicted molar refractivity (Wildman–Crippen MR) is 114 cm³/mol. The van der Waals surface area contributed by atoms with Crippen molar-refractivity contribution >= 4 is 24.2 Å². The molecule has 0 radical (unpaired) electrons. The van der Waals surface area contributed by atoms with Crippen LogP contribution in [0.2, 0.25) is 39.3 Å². The van der Waals surface area contributed by atoms with Crippen molar-refractivity contribution in [2.24, 2.45) is 0 Å². The molecule has 1 aromatic carbocycles. The van der Waals surface area contributed by atoms with Crippen LogP contribution in [0.25, 0.3) is 0 Å². The highest BCUT2D eigenvalue weighted by molar-refractivity contribution is 7.57. The van der Waals surface area contributed by atoms with E-state index in [1.807, 2.05) is 26.6 Å². The van der Waals surface area contributed by atoms with Gasteiger partial charge in [0, 0.05) is 11.1 Å². The van der Waals surface area contributed by atoms with Crippen molar-refractivity contribution < 1.29 is 17.7 Å². The van der Waals surface area contributed by atoms with Crippen molar-refractivity contribution in [1.29, 1.82) is 0 Å². The first-order valence-electron chi connectivity index (χ1n) is 9.24. The van der Waals surface area contributed by atoms with Gasteiger partial charge in [-0.1, -0.05) is 32.4 Å². The lowest BCUT2D eigenvalue weighted by Crippen LogP contribution is -2.39. The molecule has 0 fully saturated rings. The summed E-state index contributed by atoms with van der Waals surface area (Å²) in [5.41, 5.74) is 2.90. The lowest BCUT2D eigenvalue weighted by Gasteiger charge is -2.37.